The van der Waals surface area contributed by atoms with Crippen LogP contribution in [-0.2, 0) is 23.0 Å². The van der Waals surface area contributed by atoms with Gasteiger partial charge in [0.05, 0.1) is 4.90 Å². The van der Waals surface area contributed by atoms with Gasteiger partial charge in [-0.25, -0.2) is 12.8 Å². The van der Waals surface area contributed by atoms with Crippen molar-refractivity contribution in [3.8, 4) is 0 Å². The maximum absolute atomic E-state index is 13.0. The molecule has 0 spiro atoms. The lowest BCUT2D eigenvalue weighted by molar-refractivity contribution is 0.346. The predicted molar refractivity (Wildman–Crippen MR) is 115 cm³/mol. The molecule has 0 atom stereocenters. The molecule has 0 unspecified atom stereocenters. The third-order valence-electron chi connectivity index (χ3n) is 5.03. The Morgan fingerprint density at radius 2 is 1.77 bits per heavy atom. The zero-order valence-corrected chi connectivity index (χ0v) is 18.1. The summed E-state index contributed by atoms with van der Waals surface area (Å²) in [7, 11) is -3.45. The highest BCUT2D eigenvalue weighted by atomic mass is 32.2. The summed E-state index contributed by atoms with van der Waals surface area (Å²) in [5, 5.41) is 13.0. The van der Waals surface area contributed by atoms with Gasteiger partial charge in [-0.15, -0.1) is 10.2 Å². The number of hydrogen-bond donors (Lipinski definition) is 1. The van der Waals surface area contributed by atoms with Crippen molar-refractivity contribution in [2.24, 2.45) is 0 Å². The molecular weight excluding hydrogens is 423 g/mol. The highest BCUT2D eigenvalue weighted by Crippen LogP contribution is 2.23. The monoisotopic (exact) mass is 446 g/mol. The molecule has 0 bridgehead atoms. The Morgan fingerprint density at radius 1 is 1.00 bits per heavy atom. The largest absolute Gasteiger partial charge is 0.356 e. The maximum atomic E-state index is 13.0. The van der Waals surface area contributed by atoms with Gasteiger partial charge >= 0.3 is 0 Å². The minimum atomic E-state index is -3.45. The Balaban J connectivity index is 1.39. The smallest absolute Gasteiger partial charge is 0.243 e. The van der Waals surface area contributed by atoms with Crippen LogP contribution in [0.2, 0.25) is 0 Å². The van der Waals surface area contributed by atoms with E-state index in [2.05, 4.69) is 15.5 Å². The maximum Gasteiger partial charge on any atom is 0.243 e. The number of halogens is 1. The second-order valence-electron chi connectivity index (χ2n) is 7.27. The molecule has 1 N–H and O–H groups in total. The summed E-state index contributed by atoms with van der Waals surface area (Å²) >= 11 is 1.43. The first-order valence-electron chi connectivity index (χ1n) is 9.90. The minimum absolute atomic E-state index is 0.261. The molecule has 1 aliphatic rings. The van der Waals surface area contributed by atoms with Crippen molar-refractivity contribution >= 4 is 26.5 Å². The molecule has 1 aromatic heterocycles. The molecule has 3 aromatic rings. The summed E-state index contributed by atoms with van der Waals surface area (Å²) in [4.78, 5) is 0.331. The van der Waals surface area contributed by atoms with Gasteiger partial charge in [0.2, 0.25) is 15.2 Å². The Bertz CT molecular complexity index is 1090. The summed E-state index contributed by atoms with van der Waals surface area (Å²) in [6.07, 6.45) is 3.50. The lowest BCUT2D eigenvalue weighted by Crippen LogP contribution is -2.35. The third kappa shape index (κ3) is 5.03. The number of hydrogen-bond acceptors (Lipinski definition) is 6. The van der Waals surface area contributed by atoms with Crippen molar-refractivity contribution in [3.63, 3.8) is 0 Å². The van der Waals surface area contributed by atoms with E-state index in [9.17, 15) is 12.8 Å². The number of piperidine rings is 1. The van der Waals surface area contributed by atoms with Gasteiger partial charge in [0.15, 0.2) is 0 Å². The molecule has 0 saturated carbocycles. The van der Waals surface area contributed by atoms with E-state index < -0.39 is 10.0 Å². The van der Waals surface area contributed by atoms with Crippen molar-refractivity contribution in [1.29, 1.82) is 0 Å². The first kappa shape index (κ1) is 20.9. The SMILES string of the molecule is O=S(=O)(c1cccc(CNc2nnc(Cc3ccc(F)cc3)s2)c1)N1CCCCC1. The highest BCUT2D eigenvalue weighted by Gasteiger charge is 2.25. The summed E-state index contributed by atoms with van der Waals surface area (Å²) in [6, 6.07) is 13.4. The average molecular weight is 447 g/mol. The van der Waals surface area contributed by atoms with Gasteiger partial charge in [0.1, 0.15) is 10.8 Å². The lowest BCUT2D eigenvalue weighted by atomic mass is 10.2. The topological polar surface area (TPSA) is 75.2 Å². The molecule has 30 heavy (non-hydrogen) atoms. The molecular formula is C21H23FN4O2S2. The van der Waals surface area contributed by atoms with E-state index in [0.29, 0.717) is 36.1 Å². The molecule has 4 rings (SSSR count). The molecule has 2 aromatic carbocycles. The van der Waals surface area contributed by atoms with Crippen LogP contribution in [0.5, 0.6) is 0 Å². The molecule has 0 aliphatic carbocycles. The first-order chi connectivity index (χ1) is 14.5. The van der Waals surface area contributed by atoms with Gasteiger partial charge in [-0.1, -0.05) is 42.0 Å². The van der Waals surface area contributed by atoms with Crippen LogP contribution in [0.1, 0.15) is 35.4 Å². The quantitative estimate of drug-likeness (QED) is 0.593. The molecule has 0 radical (unpaired) electrons. The number of rotatable bonds is 7. The Kier molecular flexibility index (Phi) is 6.40. The van der Waals surface area contributed by atoms with E-state index in [-0.39, 0.29) is 5.82 Å². The standard InChI is InChI=1S/C21H23FN4O2S2/c22-18-9-7-16(8-10-18)14-20-24-25-21(29-20)23-15-17-5-4-6-19(13-17)30(27,28)26-11-2-1-3-12-26/h4-10,13H,1-3,11-12,14-15H2,(H,23,25). The highest BCUT2D eigenvalue weighted by molar-refractivity contribution is 7.89. The van der Waals surface area contributed by atoms with Crippen LogP contribution in [-0.4, -0.2) is 36.0 Å². The second kappa shape index (κ2) is 9.20. The number of sulfonamides is 1. The van der Waals surface area contributed by atoms with Crippen LogP contribution in [0.3, 0.4) is 0 Å². The first-order valence-corrected chi connectivity index (χ1v) is 12.2. The second-order valence-corrected chi connectivity index (χ2v) is 10.3. The Hall–Kier alpha value is -2.36. The number of anilines is 1. The van der Waals surface area contributed by atoms with Crippen LogP contribution in [0.4, 0.5) is 9.52 Å². The average Bonchev–Trinajstić information content (AvgIpc) is 3.22. The van der Waals surface area contributed by atoms with Gasteiger partial charge in [-0.3, -0.25) is 0 Å². The molecule has 9 heteroatoms. The lowest BCUT2D eigenvalue weighted by Gasteiger charge is -2.26. The summed E-state index contributed by atoms with van der Waals surface area (Å²) in [5.74, 6) is -0.261. The van der Waals surface area contributed by atoms with E-state index in [1.807, 2.05) is 6.07 Å². The van der Waals surface area contributed by atoms with E-state index in [0.717, 1.165) is 35.4 Å². The molecule has 6 nitrogen and oxygen atoms in total. The zero-order chi connectivity index (χ0) is 21.0. The van der Waals surface area contributed by atoms with Crippen LogP contribution < -0.4 is 5.32 Å². The van der Waals surface area contributed by atoms with Gasteiger partial charge in [0, 0.05) is 26.1 Å². The molecule has 2 heterocycles. The fourth-order valence-corrected chi connectivity index (χ4v) is 5.78. The van der Waals surface area contributed by atoms with Gasteiger partial charge in [-0.05, 0) is 48.2 Å². The van der Waals surface area contributed by atoms with Gasteiger partial charge in [-0.2, -0.15) is 4.31 Å². The molecule has 1 fully saturated rings. The van der Waals surface area contributed by atoms with E-state index >= 15 is 0 Å². The third-order valence-corrected chi connectivity index (χ3v) is 7.81. The summed E-state index contributed by atoms with van der Waals surface area (Å²) < 4.78 is 40.3. The van der Waals surface area contributed by atoms with E-state index in [4.69, 9.17) is 0 Å². The summed E-state index contributed by atoms with van der Waals surface area (Å²) in [5.41, 5.74) is 1.83. The van der Waals surface area contributed by atoms with Crippen LogP contribution in [0.15, 0.2) is 53.4 Å². The number of benzene rings is 2. The van der Waals surface area contributed by atoms with Crippen LogP contribution in [0, 0.1) is 5.82 Å². The number of aromatic nitrogens is 2. The van der Waals surface area contributed by atoms with Crippen LogP contribution >= 0.6 is 11.3 Å². The number of nitrogens with zero attached hydrogens (tertiary/aromatic N) is 3. The Morgan fingerprint density at radius 3 is 2.53 bits per heavy atom. The van der Waals surface area contributed by atoms with Crippen molar-refractivity contribution in [3.05, 3.63) is 70.5 Å². The minimum Gasteiger partial charge on any atom is -0.356 e. The molecule has 0 amide bonds. The number of nitrogens with one attached hydrogen (secondary N) is 1. The van der Waals surface area contributed by atoms with Crippen molar-refractivity contribution in [2.45, 2.75) is 37.1 Å². The molecule has 1 saturated heterocycles. The fraction of sp³-hybridized carbons (Fsp3) is 0.333. The molecule has 1 aliphatic heterocycles. The van der Waals surface area contributed by atoms with Gasteiger partial charge < -0.3 is 5.32 Å². The van der Waals surface area contributed by atoms with Crippen LogP contribution in [0.25, 0.3) is 0 Å². The fourth-order valence-electron chi connectivity index (χ4n) is 3.42. The van der Waals surface area contributed by atoms with E-state index in [1.165, 1.54) is 23.5 Å². The van der Waals surface area contributed by atoms with Crippen molar-refractivity contribution in [2.75, 3.05) is 18.4 Å². The Labute approximate surface area is 179 Å². The zero-order valence-electron chi connectivity index (χ0n) is 16.4. The molecule has 158 valence electrons. The predicted octanol–water partition coefficient (Wildman–Crippen LogP) is 4.05. The van der Waals surface area contributed by atoms with Gasteiger partial charge in [0.25, 0.3) is 0 Å². The van der Waals surface area contributed by atoms with Crippen molar-refractivity contribution in [1.82, 2.24) is 14.5 Å². The normalized spacial score (nSPS) is 15.2. The van der Waals surface area contributed by atoms with E-state index in [1.54, 1.807) is 34.6 Å². The summed E-state index contributed by atoms with van der Waals surface area (Å²) in [6.45, 7) is 1.63. The van der Waals surface area contributed by atoms with Crippen molar-refractivity contribution < 1.29 is 12.8 Å².